The summed E-state index contributed by atoms with van der Waals surface area (Å²) < 4.78 is 16.0. The SMILES string of the molecule is CC1=C(Nc2ccccc2F)c2nccn2NC1(N)C1CCC(N)CC1. The van der Waals surface area contributed by atoms with E-state index in [1.165, 1.54) is 6.07 Å². The van der Waals surface area contributed by atoms with Gasteiger partial charge in [0.2, 0.25) is 0 Å². The topological polar surface area (TPSA) is 93.9 Å². The third-order valence-electron chi connectivity index (χ3n) is 5.71. The van der Waals surface area contributed by atoms with Crippen LogP contribution < -0.4 is 22.2 Å². The Hall–Kier alpha value is -2.38. The van der Waals surface area contributed by atoms with Gasteiger partial charge in [-0.1, -0.05) is 12.1 Å². The van der Waals surface area contributed by atoms with Crippen molar-refractivity contribution in [2.24, 2.45) is 17.4 Å². The number of benzene rings is 1. The van der Waals surface area contributed by atoms with E-state index in [0.29, 0.717) is 11.5 Å². The van der Waals surface area contributed by atoms with E-state index in [1.807, 2.05) is 17.8 Å². The molecule has 0 amide bonds. The molecule has 1 aromatic carbocycles. The zero-order chi connectivity index (χ0) is 18.3. The van der Waals surface area contributed by atoms with E-state index in [2.05, 4.69) is 15.7 Å². The van der Waals surface area contributed by atoms with Crippen molar-refractivity contribution in [1.82, 2.24) is 9.66 Å². The second-order valence-corrected chi connectivity index (χ2v) is 7.32. The molecule has 1 aliphatic carbocycles. The lowest BCUT2D eigenvalue weighted by Gasteiger charge is -2.46. The fraction of sp³-hybridized carbons (Fsp3) is 0.421. The first-order valence-electron chi connectivity index (χ1n) is 9.08. The Morgan fingerprint density at radius 1 is 1.27 bits per heavy atom. The maximum absolute atomic E-state index is 14.2. The van der Waals surface area contributed by atoms with E-state index < -0.39 is 5.66 Å². The van der Waals surface area contributed by atoms with Crippen molar-refractivity contribution in [3.63, 3.8) is 0 Å². The summed E-state index contributed by atoms with van der Waals surface area (Å²) in [4.78, 5) is 4.42. The lowest BCUT2D eigenvalue weighted by atomic mass is 9.75. The van der Waals surface area contributed by atoms with Gasteiger partial charge in [0.1, 0.15) is 11.5 Å². The number of rotatable bonds is 3. The lowest BCUT2D eigenvalue weighted by Crippen LogP contribution is -2.61. The minimum absolute atomic E-state index is 0.246. The zero-order valence-corrected chi connectivity index (χ0v) is 14.9. The number of hydrogen-bond acceptors (Lipinski definition) is 5. The van der Waals surface area contributed by atoms with E-state index in [0.717, 1.165) is 37.0 Å². The summed E-state index contributed by atoms with van der Waals surface area (Å²) in [7, 11) is 0. The third-order valence-corrected chi connectivity index (χ3v) is 5.71. The van der Waals surface area contributed by atoms with Crippen molar-refractivity contribution >= 4 is 11.4 Å². The molecule has 2 aliphatic rings. The van der Waals surface area contributed by atoms with Gasteiger partial charge < -0.3 is 22.2 Å². The molecule has 7 heteroatoms. The summed E-state index contributed by atoms with van der Waals surface area (Å²) >= 11 is 0. The van der Waals surface area contributed by atoms with Gasteiger partial charge in [0, 0.05) is 24.4 Å². The first-order chi connectivity index (χ1) is 12.5. The normalized spacial score (nSPS) is 28.5. The molecule has 0 saturated heterocycles. The number of imidazole rings is 1. The quantitative estimate of drug-likeness (QED) is 0.678. The highest BCUT2D eigenvalue weighted by Gasteiger charge is 2.43. The van der Waals surface area contributed by atoms with E-state index in [9.17, 15) is 4.39 Å². The lowest BCUT2D eigenvalue weighted by molar-refractivity contribution is 0.229. The summed E-state index contributed by atoms with van der Waals surface area (Å²) in [5.41, 5.74) is 17.7. The number of halogens is 1. The second kappa shape index (κ2) is 6.41. The summed E-state index contributed by atoms with van der Waals surface area (Å²) in [5, 5.41) is 3.22. The van der Waals surface area contributed by atoms with Crippen molar-refractivity contribution in [2.45, 2.75) is 44.3 Å². The van der Waals surface area contributed by atoms with Crippen LogP contribution in [0.4, 0.5) is 10.1 Å². The molecule has 138 valence electrons. The zero-order valence-electron chi connectivity index (χ0n) is 14.9. The number of nitrogens with one attached hydrogen (secondary N) is 2. The Balaban J connectivity index is 1.74. The van der Waals surface area contributed by atoms with E-state index >= 15 is 0 Å². The molecule has 1 fully saturated rings. The van der Waals surface area contributed by atoms with Crippen LogP contribution in [0.2, 0.25) is 0 Å². The predicted molar refractivity (Wildman–Crippen MR) is 101 cm³/mol. The van der Waals surface area contributed by atoms with Crippen LogP contribution >= 0.6 is 0 Å². The molecule has 1 atom stereocenters. The van der Waals surface area contributed by atoms with Gasteiger partial charge in [-0.15, -0.1) is 0 Å². The molecule has 0 bridgehead atoms. The molecule has 4 rings (SSSR count). The maximum Gasteiger partial charge on any atom is 0.175 e. The summed E-state index contributed by atoms with van der Waals surface area (Å²) in [6.07, 6.45) is 7.39. The van der Waals surface area contributed by atoms with Gasteiger partial charge in [-0.3, -0.25) is 0 Å². The molecule has 26 heavy (non-hydrogen) atoms. The first-order valence-corrected chi connectivity index (χ1v) is 9.08. The van der Waals surface area contributed by atoms with Crippen LogP contribution in [0.1, 0.15) is 38.4 Å². The van der Waals surface area contributed by atoms with Crippen molar-refractivity contribution < 1.29 is 4.39 Å². The smallest absolute Gasteiger partial charge is 0.175 e. The van der Waals surface area contributed by atoms with E-state index in [4.69, 9.17) is 11.5 Å². The Kier molecular flexibility index (Phi) is 4.20. The average molecular weight is 356 g/mol. The van der Waals surface area contributed by atoms with E-state index in [-0.39, 0.29) is 17.8 Å². The molecule has 6 N–H and O–H groups in total. The molecule has 1 saturated carbocycles. The summed E-state index contributed by atoms with van der Waals surface area (Å²) in [6, 6.07) is 6.87. The monoisotopic (exact) mass is 356 g/mol. The highest BCUT2D eigenvalue weighted by Crippen LogP contribution is 2.39. The van der Waals surface area contributed by atoms with Crippen LogP contribution in [0.25, 0.3) is 5.70 Å². The van der Waals surface area contributed by atoms with Gasteiger partial charge in [-0.25, -0.2) is 14.1 Å². The molecule has 6 nitrogen and oxygen atoms in total. The van der Waals surface area contributed by atoms with Crippen molar-refractivity contribution in [3.8, 4) is 0 Å². The molecule has 1 unspecified atom stereocenters. The molecule has 2 heterocycles. The van der Waals surface area contributed by atoms with Crippen LogP contribution in [-0.4, -0.2) is 21.4 Å². The fourth-order valence-corrected chi connectivity index (χ4v) is 4.06. The van der Waals surface area contributed by atoms with Crippen LogP contribution in [0, 0.1) is 11.7 Å². The number of aromatic nitrogens is 2. The fourth-order valence-electron chi connectivity index (χ4n) is 4.06. The number of nitrogens with two attached hydrogens (primary N) is 2. The van der Waals surface area contributed by atoms with Crippen molar-refractivity contribution in [2.75, 3.05) is 10.7 Å². The van der Waals surface area contributed by atoms with E-state index in [1.54, 1.807) is 24.4 Å². The largest absolute Gasteiger partial charge is 0.350 e. The number of nitrogens with zero attached hydrogens (tertiary/aromatic N) is 2. The summed E-state index contributed by atoms with van der Waals surface area (Å²) in [5.74, 6) is 0.630. The summed E-state index contributed by atoms with van der Waals surface area (Å²) in [6.45, 7) is 1.99. The van der Waals surface area contributed by atoms with Crippen LogP contribution in [-0.2, 0) is 0 Å². The molecular formula is C19H25FN6. The molecule has 0 spiro atoms. The highest BCUT2D eigenvalue weighted by atomic mass is 19.1. The molecule has 0 radical (unpaired) electrons. The molecule has 1 aromatic heterocycles. The van der Waals surface area contributed by atoms with Gasteiger partial charge in [0.15, 0.2) is 5.82 Å². The number of fused-ring (bicyclic) bond motifs is 1. The van der Waals surface area contributed by atoms with Gasteiger partial charge in [0.05, 0.1) is 11.4 Å². The number of anilines is 1. The Bertz CT molecular complexity index is 836. The van der Waals surface area contributed by atoms with Gasteiger partial charge >= 0.3 is 0 Å². The predicted octanol–water partition coefficient (Wildman–Crippen LogP) is 2.59. The second-order valence-electron chi connectivity index (χ2n) is 7.32. The van der Waals surface area contributed by atoms with Crippen molar-refractivity contribution in [1.29, 1.82) is 0 Å². The van der Waals surface area contributed by atoms with Gasteiger partial charge in [0.25, 0.3) is 0 Å². The Morgan fingerprint density at radius 2 is 2.00 bits per heavy atom. The maximum atomic E-state index is 14.2. The Labute approximate surface area is 152 Å². The highest BCUT2D eigenvalue weighted by molar-refractivity contribution is 5.79. The van der Waals surface area contributed by atoms with Crippen molar-refractivity contribution in [3.05, 3.63) is 53.9 Å². The minimum Gasteiger partial charge on any atom is -0.350 e. The standard InChI is InChI=1S/C19H25FN6/c1-12-17(24-16-5-3-2-4-15(16)20)18-23-10-11-26(18)25-19(12,22)13-6-8-14(21)9-7-13/h2-5,10-11,13-14,24-25H,6-9,21-22H2,1H3. The molecular weight excluding hydrogens is 331 g/mol. The van der Waals surface area contributed by atoms with Gasteiger partial charge in [-0.05, 0) is 50.3 Å². The Morgan fingerprint density at radius 3 is 2.73 bits per heavy atom. The number of hydrogen-bond donors (Lipinski definition) is 4. The average Bonchev–Trinajstić information content (AvgIpc) is 3.08. The van der Waals surface area contributed by atoms with Crippen LogP contribution in [0.15, 0.2) is 42.2 Å². The van der Waals surface area contributed by atoms with Crippen LogP contribution in [0.5, 0.6) is 0 Å². The first kappa shape index (κ1) is 17.1. The number of para-hydroxylation sites is 1. The molecule has 2 aromatic rings. The van der Waals surface area contributed by atoms with Gasteiger partial charge in [-0.2, -0.15) is 0 Å². The molecule has 1 aliphatic heterocycles. The van der Waals surface area contributed by atoms with Crippen LogP contribution in [0.3, 0.4) is 0 Å². The third kappa shape index (κ3) is 2.77. The minimum atomic E-state index is -0.735.